The highest BCUT2D eigenvalue weighted by atomic mass is 28.2. The lowest BCUT2D eigenvalue weighted by Gasteiger charge is -2.36. The maximum absolute atomic E-state index is 6.12. The molecule has 0 fully saturated rings. The first-order valence-electron chi connectivity index (χ1n) is 15.5. The Kier molecular flexibility index (Phi) is 11.2. The summed E-state index contributed by atoms with van der Waals surface area (Å²) in [4.78, 5) is 4.42. The molecule has 0 bridgehead atoms. The van der Waals surface area contributed by atoms with Gasteiger partial charge in [0.2, 0.25) is 0 Å². The van der Waals surface area contributed by atoms with E-state index >= 15 is 0 Å². The largest absolute Gasteiger partial charge is 0.326 e. The van der Waals surface area contributed by atoms with Crippen LogP contribution in [-0.2, 0) is 11.6 Å². The van der Waals surface area contributed by atoms with Crippen molar-refractivity contribution in [3.8, 4) is 0 Å². The highest BCUT2D eigenvalue weighted by molar-refractivity contribution is 6.57. The van der Waals surface area contributed by atoms with Crippen molar-refractivity contribution in [2.75, 3.05) is 0 Å². The number of nitrogens with zero attached hydrogens (tertiary/aromatic N) is 2. The number of imidazole rings is 1. The van der Waals surface area contributed by atoms with E-state index in [0.29, 0.717) is 9.52 Å². The average Bonchev–Trinajstić information content (AvgIpc) is 3.65. The van der Waals surface area contributed by atoms with Crippen LogP contribution in [-0.4, -0.2) is 26.9 Å². The third-order valence-corrected chi connectivity index (χ3v) is 9.71. The quantitative estimate of drug-likeness (QED) is 0.110. The Labute approximate surface area is 267 Å². The number of aryl methyl sites for hydroxylation is 1. The van der Waals surface area contributed by atoms with Crippen LogP contribution < -0.4 is 5.19 Å². The molecule has 0 aliphatic rings. The summed E-state index contributed by atoms with van der Waals surface area (Å²) >= 11 is 0. The molecule has 5 aromatic carbocycles. The van der Waals surface area contributed by atoms with E-state index in [1.165, 1.54) is 41.1 Å². The van der Waals surface area contributed by atoms with Gasteiger partial charge in [-0.05, 0) is 46.5 Å². The predicted molar refractivity (Wildman–Crippen MR) is 187 cm³/mol. The fraction of sp³-hybridized carbons (Fsp3) is 0.175. The SMILES string of the molecule is CCCCCc1cccc([Si]C(c2ccccc2)(c2ccccc2)n2ccnc2)c1.[B]C(c1ccccc1)c1ccccc1. The standard InChI is InChI=1S/C27H28N2Si.C13H11B/c1-2-3-6-12-23-13-11-18-26(21-23)30-27(29-20-19-28-22-29,24-14-7-4-8-15-24)25-16-9-5-10-17-25;14-13(11-7-3-1-4-8-11)12-9-5-2-6-10-12/h4-5,7-11,13-22H,2-3,6,12H2,1H3;1-10,13H. The lowest BCUT2D eigenvalue weighted by molar-refractivity contribution is 0.596. The van der Waals surface area contributed by atoms with Gasteiger partial charge >= 0.3 is 0 Å². The first kappa shape index (κ1) is 31.0. The van der Waals surface area contributed by atoms with Gasteiger partial charge in [0, 0.05) is 12.4 Å². The van der Waals surface area contributed by atoms with E-state index in [1.807, 2.05) is 48.9 Å². The van der Waals surface area contributed by atoms with Gasteiger partial charge in [-0.2, -0.15) is 0 Å². The van der Waals surface area contributed by atoms with Crippen LogP contribution in [0.2, 0.25) is 0 Å². The third kappa shape index (κ3) is 7.75. The number of unbranched alkanes of at least 4 members (excludes halogenated alkanes) is 2. The van der Waals surface area contributed by atoms with Crippen LogP contribution >= 0.6 is 0 Å². The molecule has 1 aromatic heterocycles. The highest BCUT2D eigenvalue weighted by Crippen LogP contribution is 2.33. The fourth-order valence-corrected chi connectivity index (χ4v) is 7.33. The molecule has 0 saturated carbocycles. The van der Waals surface area contributed by atoms with Crippen LogP contribution in [0.25, 0.3) is 0 Å². The van der Waals surface area contributed by atoms with Crippen molar-refractivity contribution in [2.24, 2.45) is 0 Å². The van der Waals surface area contributed by atoms with Gasteiger partial charge in [0.25, 0.3) is 0 Å². The minimum absolute atomic E-state index is 0.0163. The van der Waals surface area contributed by atoms with Crippen molar-refractivity contribution in [1.29, 1.82) is 0 Å². The van der Waals surface area contributed by atoms with Crippen LogP contribution in [0.4, 0.5) is 0 Å². The highest BCUT2D eigenvalue weighted by Gasteiger charge is 2.37. The van der Waals surface area contributed by atoms with E-state index in [4.69, 9.17) is 7.85 Å². The topological polar surface area (TPSA) is 17.8 Å². The molecule has 0 atom stereocenters. The van der Waals surface area contributed by atoms with Crippen molar-refractivity contribution >= 4 is 22.6 Å². The summed E-state index contributed by atoms with van der Waals surface area (Å²) < 4.78 is 2.28. The molecule has 6 rings (SSSR count). The molecule has 0 spiro atoms. The second kappa shape index (κ2) is 15.9. The lowest BCUT2D eigenvalue weighted by Crippen LogP contribution is -2.46. The molecule has 0 aliphatic carbocycles. The van der Waals surface area contributed by atoms with Gasteiger partial charge in [0.15, 0.2) is 0 Å². The number of hydrogen-bond donors (Lipinski definition) is 0. The molecular weight excluding hydrogens is 547 g/mol. The van der Waals surface area contributed by atoms with Crippen LogP contribution in [0.3, 0.4) is 0 Å². The summed E-state index contributed by atoms with van der Waals surface area (Å²) in [5.41, 5.74) is 6.30. The van der Waals surface area contributed by atoms with Gasteiger partial charge in [-0.1, -0.05) is 171 Å². The second-order valence-corrected chi connectivity index (χ2v) is 12.5. The Morgan fingerprint density at radius 3 is 1.73 bits per heavy atom. The third-order valence-electron chi connectivity index (χ3n) is 7.91. The molecule has 4 heteroatoms. The number of rotatable bonds is 11. The maximum Gasteiger partial charge on any atom is 0.127 e. The van der Waals surface area contributed by atoms with Gasteiger partial charge in [-0.3, -0.25) is 0 Å². The molecule has 44 heavy (non-hydrogen) atoms. The molecule has 216 valence electrons. The number of hydrogen-bond acceptors (Lipinski definition) is 1. The van der Waals surface area contributed by atoms with Gasteiger partial charge in [-0.15, -0.1) is 0 Å². The van der Waals surface area contributed by atoms with Gasteiger partial charge < -0.3 is 4.57 Å². The summed E-state index contributed by atoms with van der Waals surface area (Å²) in [6.07, 6.45) is 10.9. The minimum Gasteiger partial charge on any atom is -0.326 e. The molecule has 0 N–H and O–H groups in total. The molecule has 0 unspecified atom stereocenters. The van der Waals surface area contributed by atoms with Crippen molar-refractivity contribution in [3.05, 3.63) is 192 Å². The van der Waals surface area contributed by atoms with Crippen molar-refractivity contribution in [1.82, 2.24) is 9.55 Å². The zero-order chi connectivity index (χ0) is 30.5. The van der Waals surface area contributed by atoms with E-state index in [0.717, 1.165) is 17.5 Å². The second-order valence-electron chi connectivity index (χ2n) is 11.0. The molecule has 0 amide bonds. The summed E-state index contributed by atoms with van der Waals surface area (Å²) in [6.45, 7) is 2.26. The minimum atomic E-state index is -0.318. The van der Waals surface area contributed by atoms with Crippen molar-refractivity contribution in [2.45, 2.75) is 43.6 Å². The molecule has 4 radical (unpaired) electrons. The Balaban J connectivity index is 0.000000229. The smallest absolute Gasteiger partial charge is 0.127 e. The Morgan fingerprint density at radius 2 is 1.23 bits per heavy atom. The van der Waals surface area contributed by atoms with E-state index in [2.05, 4.69) is 132 Å². The van der Waals surface area contributed by atoms with Crippen molar-refractivity contribution in [3.63, 3.8) is 0 Å². The van der Waals surface area contributed by atoms with Crippen LogP contribution in [0.1, 0.15) is 59.8 Å². The summed E-state index contributed by atoms with van der Waals surface area (Å²) in [7, 11) is 6.66. The zero-order valence-corrected chi connectivity index (χ0v) is 26.5. The Bertz CT molecular complexity index is 1560. The summed E-state index contributed by atoms with van der Waals surface area (Å²) in [5.74, 6) is -0.0163. The van der Waals surface area contributed by atoms with Crippen LogP contribution in [0, 0.1) is 0 Å². The normalized spacial score (nSPS) is 11.1. The first-order valence-corrected chi connectivity index (χ1v) is 16.5. The molecule has 0 aliphatic heterocycles. The average molecular weight is 587 g/mol. The van der Waals surface area contributed by atoms with E-state index in [1.54, 1.807) is 0 Å². The monoisotopic (exact) mass is 586 g/mol. The van der Waals surface area contributed by atoms with Crippen LogP contribution in [0.5, 0.6) is 0 Å². The van der Waals surface area contributed by atoms with E-state index < -0.39 is 0 Å². The van der Waals surface area contributed by atoms with Gasteiger partial charge in [0.1, 0.15) is 9.52 Å². The summed E-state index contributed by atoms with van der Waals surface area (Å²) in [5, 5.41) is 1.06. The molecule has 0 saturated heterocycles. The van der Waals surface area contributed by atoms with Crippen LogP contribution in [0.15, 0.2) is 164 Å². The molecule has 6 aromatic rings. The maximum atomic E-state index is 6.12. The van der Waals surface area contributed by atoms with E-state index in [-0.39, 0.29) is 11.0 Å². The van der Waals surface area contributed by atoms with Crippen molar-refractivity contribution < 1.29 is 0 Å². The number of benzene rings is 5. The Hall–Kier alpha value is -4.41. The number of aromatic nitrogens is 2. The molecule has 1 heterocycles. The van der Waals surface area contributed by atoms with Gasteiger partial charge in [0.05, 0.1) is 19.3 Å². The Morgan fingerprint density at radius 1 is 0.682 bits per heavy atom. The zero-order valence-electron chi connectivity index (χ0n) is 25.5. The molecular formula is C40H39BN2Si. The lowest BCUT2D eigenvalue weighted by atomic mass is 9.76. The van der Waals surface area contributed by atoms with E-state index in [9.17, 15) is 0 Å². The fourth-order valence-electron chi connectivity index (χ4n) is 5.60. The molecule has 2 nitrogen and oxygen atoms in total. The predicted octanol–water partition coefficient (Wildman–Crippen LogP) is 8.34. The first-order chi connectivity index (χ1) is 21.7. The van der Waals surface area contributed by atoms with Gasteiger partial charge in [-0.25, -0.2) is 4.98 Å². The summed E-state index contributed by atoms with van der Waals surface area (Å²) in [6, 6.07) is 51.1.